The molecule has 1 aliphatic heterocycles. The molecule has 3 N–H and O–H groups in total. The van der Waals surface area contributed by atoms with E-state index < -0.39 is 6.29 Å². The molecule has 0 saturated carbocycles. The van der Waals surface area contributed by atoms with Gasteiger partial charge in [-0.3, -0.25) is 4.90 Å². The van der Waals surface area contributed by atoms with Gasteiger partial charge in [0.05, 0.1) is 18.8 Å². The largest absolute Gasteiger partial charge is 0.392 e. The second-order valence-corrected chi connectivity index (χ2v) is 11.6. The molecule has 0 radical (unpaired) electrons. The van der Waals surface area contributed by atoms with E-state index in [2.05, 4.69) is 110 Å². The third-order valence-corrected chi connectivity index (χ3v) is 8.75. The van der Waals surface area contributed by atoms with Crippen molar-refractivity contribution in [2.24, 2.45) is 5.73 Å². The Kier molecular flexibility index (Phi) is 8.98. The number of ether oxygens (including phenoxy) is 2. The van der Waals surface area contributed by atoms with Crippen LogP contribution in [-0.2, 0) is 22.6 Å². The maximum atomic E-state index is 9.55. The van der Waals surface area contributed by atoms with Crippen molar-refractivity contribution in [3.8, 4) is 11.1 Å². The fraction of sp³-hybridized carbons (Fsp3) is 0.263. The normalized spacial score (nSPS) is 19.5. The topological polar surface area (TPSA) is 68.0 Å². The third-order valence-electron chi connectivity index (χ3n) is 8.75. The molecule has 0 spiro atoms. The number of likely N-dealkylation sites (N-methyl/N-ethyl adjacent to an activating group) is 1. The highest BCUT2D eigenvalue weighted by Gasteiger charge is 2.33. The van der Waals surface area contributed by atoms with E-state index >= 15 is 0 Å². The van der Waals surface area contributed by atoms with Gasteiger partial charge in [-0.1, -0.05) is 109 Å². The smallest absolute Gasteiger partial charge is 0.184 e. The average molecular weight is 573 g/mol. The lowest BCUT2D eigenvalue weighted by molar-refractivity contribution is -0.253. The third kappa shape index (κ3) is 6.57. The van der Waals surface area contributed by atoms with Gasteiger partial charge < -0.3 is 20.3 Å². The van der Waals surface area contributed by atoms with Gasteiger partial charge in [0.15, 0.2) is 6.29 Å². The van der Waals surface area contributed by atoms with Crippen LogP contribution in [0.15, 0.2) is 115 Å². The Morgan fingerprint density at radius 3 is 2.26 bits per heavy atom. The Labute approximate surface area is 254 Å². The number of rotatable bonds is 9. The van der Waals surface area contributed by atoms with Crippen LogP contribution in [0.2, 0.25) is 0 Å². The van der Waals surface area contributed by atoms with Crippen molar-refractivity contribution in [1.29, 1.82) is 0 Å². The molecular formula is C38H40N2O3. The van der Waals surface area contributed by atoms with Gasteiger partial charge in [-0.25, -0.2) is 0 Å². The first kappa shape index (κ1) is 29.2. The van der Waals surface area contributed by atoms with Crippen LogP contribution >= 0.6 is 0 Å². The zero-order chi connectivity index (χ0) is 29.8. The molecule has 4 unspecified atom stereocenters. The summed E-state index contributed by atoms with van der Waals surface area (Å²) in [5.41, 5.74) is 13.6. The van der Waals surface area contributed by atoms with Gasteiger partial charge in [-0.2, -0.15) is 0 Å². The molecule has 5 aromatic rings. The molecule has 5 aromatic carbocycles. The van der Waals surface area contributed by atoms with Gasteiger partial charge >= 0.3 is 0 Å². The number of hydrogen-bond donors (Lipinski definition) is 2. The van der Waals surface area contributed by atoms with Gasteiger partial charge in [0, 0.05) is 31.1 Å². The molecule has 0 amide bonds. The summed E-state index contributed by atoms with van der Waals surface area (Å²) in [6, 6.07) is 40.2. The number of aliphatic hydroxyl groups excluding tert-OH is 1. The molecule has 1 saturated heterocycles. The molecule has 1 aliphatic rings. The number of nitrogens with two attached hydrogens (primary N) is 1. The summed E-state index contributed by atoms with van der Waals surface area (Å²) < 4.78 is 13.3. The van der Waals surface area contributed by atoms with Gasteiger partial charge in [0.25, 0.3) is 0 Å². The van der Waals surface area contributed by atoms with E-state index in [0.717, 1.165) is 46.3 Å². The lowest BCUT2D eigenvalue weighted by Crippen LogP contribution is -2.38. The molecule has 1 heterocycles. The highest BCUT2D eigenvalue weighted by atomic mass is 16.7. The highest BCUT2D eigenvalue weighted by molar-refractivity contribution is 5.83. The van der Waals surface area contributed by atoms with E-state index in [0.29, 0.717) is 6.54 Å². The molecule has 0 aliphatic carbocycles. The predicted molar refractivity (Wildman–Crippen MR) is 173 cm³/mol. The van der Waals surface area contributed by atoms with E-state index in [1.54, 1.807) is 0 Å². The summed E-state index contributed by atoms with van der Waals surface area (Å²) in [5, 5.41) is 12.1. The van der Waals surface area contributed by atoms with Crippen molar-refractivity contribution in [2.45, 2.75) is 51.0 Å². The van der Waals surface area contributed by atoms with Gasteiger partial charge in [0.1, 0.15) is 0 Å². The Hall–Kier alpha value is -3.84. The van der Waals surface area contributed by atoms with Crippen molar-refractivity contribution >= 4 is 10.8 Å². The summed E-state index contributed by atoms with van der Waals surface area (Å²) in [6.45, 7) is 3.54. The van der Waals surface area contributed by atoms with E-state index in [9.17, 15) is 5.11 Å². The monoisotopic (exact) mass is 572 g/mol. The molecule has 4 atom stereocenters. The number of nitrogens with zero attached hydrogens (tertiary/aromatic N) is 1. The summed E-state index contributed by atoms with van der Waals surface area (Å²) in [7, 11) is 2.17. The minimum absolute atomic E-state index is 0.0251. The van der Waals surface area contributed by atoms with Crippen molar-refractivity contribution < 1.29 is 14.6 Å². The van der Waals surface area contributed by atoms with Crippen molar-refractivity contribution in [2.75, 3.05) is 13.6 Å². The summed E-state index contributed by atoms with van der Waals surface area (Å²) in [4.78, 5) is 2.37. The van der Waals surface area contributed by atoms with Crippen LogP contribution in [-0.4, -0.2) is 29.7 Å². The van der Waals surface area contributed by atoms with Gasteiger partial charge in [0.2, 0.25) is 0 Å². The van der Waals surface area contributed by atoms with Crippen LogP contribution in [0.25, 0.3) is 21.9 Å². The van der Waals surface area contributed by atoms with E-state index in [1.165, 1.54) is 16.3 Å². The van der Waals surface area contributed by atoms with Crippen molar-refractivity contribution in [1.82, 2.24) is 4.90 Å². The molecule has 5 nitrogen and oxygen atoms in total. The van der Waals surface area contributed by atoms with Crippen LogP contribution in [0.3, 0.4) is 0 Å². The predicted octanol–water partition coefficient (Wildman–Crippen LogP) is 7.70. The SMILES string of the molecule is CC(c1ccc2ccccc2c1)N(C)CC1CC(c2ccc(CO)cc2)OC(c2ccc(-c3ccccc3CN)cc2)O1. The molecule has 1 fully saturated rings. The maximum absolute atomic E-state index is 9.55. The minimum Gasteiger partial charge on any atom is -0.392 e. The van der Waals surface area contributed by atoms with Crippen LogP contribution in [0.1, 0.15) is 59.6 Å². The fourth-order valence-corrected chi connectivity index (χ4v) is 6.03. The first-order valence-corrected chi connectivity index (χ1v) is 15.1. The van der Waals surface area contributed by atoms with E-state index in [4.69, 9.17) is 15.2 Å². The fourth-order valence-electron chi connectivity index (χ4n) is 6.03. The second-order valence-electron chi connectivity index (χ2n) is 11.6. The standard InChI is InChI=1S/C38H40N2O3/c1-26(32-20-15-28-7-3-4-8-33(28)21-32)40(2)24-35-22-37(30-13-11-27(25-41)12-14-30)43-38(42-35)31-18-16-29(17-19-31)36-10-6-5-9-34(36)23-39/h3-21,26,35,37-38,41H,22-25,39H2,1-2H3. The van der Waals surface area contributed by atoms with Crippen LogP contribution < -0.4 is 5.73 Å². The summed E-state index contributed by atoms with van der Waals surface area (Å²) in [6.07, 6.45) is 0.0842. The van der Waals surface area contributed by atoms with E-state index in [-0.39, 0.29) is 24.9 Å². The molecule has 0 aromatic heterocycles. The lowest BCUT2D eigenvalue weighted by atomic mass is 9.97. The molecule has 220 valence electrons. The molecule has 6 rings (SSSR count). The van der Waals surface area contributed by atoms with Crippen LogP contribution in [0.4, 0.5) is 0 Å². The number of hydrogen-bond acceptors (Lipinski definition) is 5. The quantitative estimate of drug-likeness (QED) is 0.189. The summed E-state index contributed by atoms with van der Waals surface area (Å²) >= 11 is 0. The van der Waals surface area contributed by atoms with Crippen molar-refractivity contribution in [3.63, 3.8) is 0 Å². The Morgan fingerprint density at radius 2 is 1.51 bits per heavy atom. The molecule has 43 heavy (non-hydrogen) atoms. The highest BCUT2D eigenvalue weighted by Crippen LogP contribution is 2.39. The number of benzene rings is 5. The van der Waals surface area contributed by atoms with Gasteiger partial charge in [-0.05, 0) is 64.2 Å². The van der Waals surface area contributed by atoms with Crippen molar-refractivity contribution in [3.05, 3.63) is 143 Å². The zero-order valence-corrected chi connectivity index (χ0v) is 24.9. The molecule has 0 bridgehead atoms. The maximum Gasteiger partial charge on any atom is 0.184 e. The van der Waals surface area contributed by atoms with Crippen LogP contribution in [0.5, 0.6) is 0 Å². The Balaban J connectivity index is 1.23. The molecular weight excluding hydrogens is 532 g/mol. The zero-order valence-electron chi connectivity index (χ0n) is 24.9. The van der Waals surface area contributed by atoms with Gasteiger partial charge in [-0.15, -0.1) is 0 Å². The Morgan fingerprint density at radius 1 is 0.814 bits per heavy atom. The number of fused-ring (bicyclic) bond motifs is 1. The average Bonchev–Trinajstić information content (AvgIpc) is 3.07. The first-order chi connectivity index (χ1) is 21.0. The van der Waals surface area contributed by atoms with Crippen LogP contribution in [0, 0.1) is 0 Å². The molecule has 5 heteroatoms. The second kappa shape index (κ2) is 13.2. The minimum atomic E-state index is -0.496. The summed E-state index contributed by atoms with van der Waals surface area (Å²) in [5.74, 6) is 0. The number of aliphatic hydroxyl groups is 1. The first-order valence-electron chi connectivity index (χ1n) is 15.1. The lowest BCUT2D eigenvalue weighted by Gasteiger charge is -2.39. The Bertz CT molecular complexity index is 1650. The van der Waals surface area contributed by atoms with E-state index in [1.807, 2.05) is 24.3 Å².